The fourth-order valence-corrected chi connectivity index (χ4v) is 3.24. The number of anilines is 1. The first kappa shape index (κ1) is 14.3. The third kappa shape index (κ3) is 3.26. The molecule has 0 aliphatic heterocycles. The van der Waals surface area contributed by atoms with Gasteiger partial charge < -0.3 is 10.6 Å². The zero-order valence-electron chi connectivity index (χ0n) is 10.6. The zero-order valence-corrected chi connectivity index (χ0v) is 13.0. The maximum Gasteiger partial charge on any atom is 0.107 e. The third-order valence-corrected chi connectivity index (χ3v) is 4.27. The van der Waals surface area contributed by atoms with E-state index in [1.54, 1.807) is 11.3 Å². The number of hydrogen-bond acceptors (Lipinski definition) is 3. The lowest BCUT2D eigenvalue weighted by atomic mass is 10.1. The number of thiophene rings is 1. The van der Waals surface area contributed by atoms with Gasteiger partial charge in [0.15, 0.2) is 0 Å². The second-order valence-electron chi connectivity index (χ2n) is 4.09. The summed E-state index contributed by atoms with van der Waals surface area (Å²) in [6.45, 7) is 3.82. The molecule has 100 valence electrons. The Balaban J connectivity index is 2.38. The van der Waals surface area contributed by atoms with Crippen LogP contribution in [-0.4, -0.2) is 11.5 Å². The van der Waals surface area contributed by atoms with E-state index in [0.717, 1.165) is 24.3 Å². The molecule has 19 heavy (non-hydrogen) atoms. The molecule has 2 aromatic rings. The molecule has 0 aliphatic carbocycles. The van der Waals surface area contributed by atoms with Crippen LogP contribution in [0.1, 0.15) is 17.4 Å². The smallest absolute Gasteiger partial charge is 0.107 e. The largest absolute Gasteiger partial charge is 0.389 e. The van der Waals surface area contributed by atoms with Crippen molar-refractivity contribution in [2.24, 2.45) is 5.73 Å². The maximum atomic E-state index is 6.22. The van der Waals surface area contributed by atoms with Gasteiger partial charge >= 0.3 is 0 Å². The van der Waals surface area contributed by atoms with Crippen LogP contribution < -0.4 is 10.6 Å². The van der Waals surface area contributed by atoms with Crippen molar-refractivity contribution in [1.29, 1.82) is 0 Å². The summed E-state index contributed by atoms with van der Waals surface area (Å²) in [6, 6.07) is 9.94. The SMILES string of the molecule is CCN(Cc1cccs1)c1cccc(Cl)c1C(N)=S. The highest BCUT2D eigenvalue weighted by atomic mass is 35.5. The molecule has 1 heterocycles. The van der Waals surface area contributed by atoms with Gasteiger partial charge in [-0.1, -0.05) is 36.0 Å². The van der Waals surface area contributed by atoms with Gasteiger partial charge in [-0.05, 0) is 30.5 Å². The number of halogens is 1. The Morgan fingerprint density at radius 3 is 2.74 bits per heavy atom. The summed E-state index contributed by atoms with van der Waals surface area (Å²) in [5.74, 6) is 0. The van der Waals surface area contributed by atoms with Crippen molar-refractivity contribution < 1.29 is 0 Å². The molecule has 0 radical (unpaired) electrons. The van der Waals surface area contributed by atoms with Crippen LogP contribution in [0.5, 0.6) is 0 Å². The van der Waals surface area contributed by atoms with Crippen LogP contribution in [0.4, 0.5) is 5.69 Å². The van der Waals surface area contributed by atoms with E-state index in [1.165, 1.54) is 4.88 Å². The van der Waals surface area contributed by atoms with Crippen molar-refractivity contribution in [3.8, 4) is 0 Å². The Bertz CT molecular complexity index is 567. The van der Waals surface area contributed by atoms with Crippen LogP contribution in [0.3, 0.4) is 0 Å². The highest BCUT2D eigenvalue weighted by Crippen LogP contribution is 2.29. The van der Waals surface area contributed by atoms with E-state index in [2.05, 4.69) is 29.3 Å². The highest BCUT2D eigenvalue weighted by Gasteiger charge is 2.15. The number of thiocarbonyl (C=S) groups is 1. The zero-order chi connectivity index (χ0) is 13.8. The molecule has 0 fully saturated rings. The van der Waals surface area contributed by atoms with Crippen LogP contribution in [0.2, 0.25) is 5.02 Å². The van der Waals surface area contributed by atoms with Crippen molar-refractivity contribution in [3.63, 3.8) is 0 Å². The van der Waals surface area contributed by atoms with Crippen LogP contribution in [0.25, 0.3) is 0 Å². The minimum Gasteiger partial charge on any atom is -0.389 e. The van der Waals surface area contributed by atoms with E-state index in [0.29, 0.717) is 10.0 Å². The lowest BCUT2D eigenvalue weighted by molar-refractivity contribution is 0.841. The molecule has 2 rings (SSSR count). The molecule has 0 saturated carbocycles. The molecule has 0 atom stereocenters. The molecule has 2 N–H and O–H groups in total. The number of nitrogens with zero attached hydrogens (tertiary/aromatic N) is 1. The fraction of sp³-hybridized carbons (Fsp3) is 0.214. The number of rotatable bonds is 5. The summed E-state index contributed by atoms with van der Waals surface area (Å²) < 4.78 is 0. The predicted molar refractivity (Wildman–Crippen MR) is 88.4 cm³/mol. The van der Waals surface area contributed by atoms with Crippen molar-refractivity contribution in [2.75, 3.05) is 11.4 Å². The van der Waals surface area contributed by atoms with Gasteiger partial charge in [0, 0.05) is 17.1 Å². The minimum absolute atomic E-state index is 0.338. The molecular formula is C14H15ClN2S2. The molecule has 0 amide bonds. The third-order valence-electron chi connectivity index (χ3n) is 2.89. The summed E-state index contributed by atoms with van der Waals surface area (Å²) >= 11 is 13.1. The Kier molecular flexibility index (Phi) is 4.80. The summed E-state index contributed by atoms with van der Waals surface area (Å²) in [4.78, 5) is 3.87. The molecule has 0 saturated heterocycles. The molecule has 0 spiro atoms. The predicted octanol–water partition coefficient (Wildman–Crippen LogP) is 4.06. The van der Waals surface area contributed by atoms with Crippen molar-refractivity contribution in [2.45, 2.75) is 13.5 Å². The first-order chi connectivity index (χ1) is 9.13. The Morgan fingerprint density at radius 2 is 2.16 bits per heavy atom. The monoisotopic (exact) mass is 310 g/mol. The Labute approximate surface area is 127 Å². The van der Waals surface area contributed by atoms with Crippen molar-refractivity contribution >= 4 is 45.8 Å². The quantitative estimate of drug-likeness (QED) is 0.844. The molecular weight excluding hydrogens is 296 g/mol. The van der Waals surface area contributed by atoms with Crippen LogP contribution in [-0.2, 0) is 6.54 Å². The summed E-state index contributed by atoms with van der Waals surface area (Å²) in [7, 11) is 0. The summed E-state index contributed by atoms with van der Waals surface area (Å²) in [6.07, 6.45) is 0. The molecule has 2 nitrogen and oxygen atoms in total. The normalized spacial score (nSPS) is 10.4. The first-order valence-corrected chi connectivity index (χ1v) is 7.65. The standard InChI is InChI=1S/C14H15ClN2S2/c1-2-17(9-10-5-4-8-19-10)12-7-3-6-11(15)13(12)14(16)18/h3-8H,2,9H2,1H3,(H2,16,18). The van der Waals surface area contributed by atoms with E-state index in [-0.39, 0.29) is 0 Å². The van der Waals surface area contributed by atoms with E-state index >= 15 is 0 Å². The van der Waals surface area contributed by atoms with Crippen LogP contribution >= 0.6 is 35.2 Å². The van der Waals surface area contributed by atoms with Gasteiger partial charge in [-0.15, -0.1) is 11.3 Å². The second kappa shape index (κ2) is 6.37. The summed E-state index contributed by atoms with van der Waals surface area (Å²) in [5.41, 5.74) is 7.56. The average molecular weight is 311 g/mol. The lowest BCUT2D eigenvalue weighted by Crippen LogP contribution is -2.25. The molecule has 0 bridgehead atoms. The van der Waals surface area contributed by atoms with Crippen LogP contribution in [0, 0.1) is 0 Å². The average Bonchev–Trinajstić information content (AvgIpc) is 2.88. The first-order valence-electron chi connectivity index (χ1n) is 5.99. The molecule has 0 unspecified atom stereocenters. The minimum atomic E-state index is 0.338. The van der Waals surface area contributed by atoms with Gasteiger partial charge in [0.25, 0.3) is 0 Å². The van der Waals surface area contributed by atoms with Crippen LogP contribution in [0.15, 0.2) is 35.7 Å². The second-order valence-corrected chi connectivity index (χ2v) is 5.97. The van der Waals surface area contributed by atoms with E-state index in [1.807, 2.05) is 18.2 Å². The van der Waals surface area contributed by atoms with Gasteiger partial charge in [0.2, 0.25) is 0 Å². The highest BCUT2D eigenvalue weighted by molar-refractivity contribution is 7.80. The summed E-state index contributed by atoms with van der Waals surface area (Å²) in [5, 5.41) is 2.69. The van der Waals surface area contributed by atoms with Gasteiger partial charge in [-0.3, -0.25) is 0 Å². The van der Waals surface area contributed by atoms with Gasteiger partial charge in [-0.2, -0.15) is 0 Å². The fourth-order valence-electron chi connectivity index (χ4n) is 1.98. The van der Waals surface area contributed by atoms with E-state index < -0.39 is 0 Å². The van der Waals surface area contributed by atoms with Gasteiger partial charge in [-0.25, -0.2) is 0 Å². The van der Waals surface area contributed by atoms with Gasteiger partial charge in [0.05, 0.1) is 17.1 Å². The molecule has 1 aromatic heterocycles. The molecule has 0 aliphatic rings. The van der Waals surface area contributed by atoms with E-state index in [4.69, 9.17) is 29.6 Å². The Morgan fingerprint density at radius 1 is 1.37 bits per heavy atom. The van der Waals surface area contributed by atoms with E-state index in [9.17, 15) is 0 Å². The molecule has 5 heteroatoms. The topological polar surface area (TPSA) is 29.3 Å². The number of nitrogens with two attached hydrogens (primary N) is 1. The van der Waals surface area contributed by atoms with Crippen molar-refractivity contribution in [3.05, 3.63) is 51.2 Å². The number of hydrogen-bond donors (Lipinski definition) is 1. The maximum absolute atomic E-state index is 6.22. The number of benzene rings is 1. The lowest BCUT2D eigenvalue weighted by Gasteiger charge is -2.25. The van der Waals surface area contributed by atoms with Crippen molar-refractivity contribution in [1.82, 2.24) is 0 Å². The molecule has 1 aromatic carbocycles. The Hall–Kier alpha value is -1.10. The van der Waals surface area contributed by atoms with Gasteiger partial charge in [0.1, 0.15) is 4.99 Å².